The molecule has 3 rings (SSSR count). The summed E-state index contributed by atoms with van der Waals surface area (Å²) in [6.07, 6.45) is 0.0647. The number of anilines is 1. The summed E-state index contributed by atoms with van der Waals surface area (Å²) < 4.78 is 11.2. The fourth-order valence-corrected chi connectivity index (χ4v) is 3.53. The van der Waals surface area contributed by atoms with E-state index < -0.39 is 11.9 Å². The molecule has 1 aliphatic rings. The molecule has 1 atom stereocenters. The van der Waals surface area contributed by atoms with E-state index in [4.69, 9.17) is 9.47 Å². The molecule has 1 saturated heterocycles. The molecule has 146 valence electrons. The third kappa shape index (κ3) is 4.59. The Hall–Kier alpha value is -2.67. The van der Waals surface area contributed by atoms with Gasteiger partial charge in [-0.1, -0.05) is 34.1 Å². The molecular formula is C21H20BrNO5. The van der Waals surface area contributed by atoms with Gasteiger partial charge in [0.1, 0.15) is 5.75 Å². The molecule has 6 nitrogen and oxygen atoms in total. The first-order valence-electron chi connectivity index (χ1n) is 8.97. The molecule has 2 aromatic carbocycles. The molecule has 2 aromatic rings. The minimum atomic E-state index is -0.592. The second-order valence-corrected chi connectivity index (χ2v) is 7.20. The van der Waals surface area contributed by atoms with Crippen molar-refractivity contribution in [2.45, 2.75) is 13.3 Å². The maximum absolute atomic E-state index is 12.3. The first-order chi connectivity index (χ1) is 13.5. The van der Waals surface area contributed by atoms with Crippen molar-refractivity contribution >= 4 is 39.3 Å². The van der Waals surface area contributed by atoms with Crippen LogP contribution in [0.3, 0.4) is 0 Å². The molecule has 0 bridgehead atoms. The van der Waals surface area contributed by atoms with Gasteiger partial charge in [0.25, 0.3) is 0 Å². The van der Waals surface area contributed by atoms with Gasteiger partial charge in [-0.05, 0) is 37.3 Å². The number of hydrogen-bond acceptors (Lipinski definition) is 5. The Morgan fingerprint density at radius 2 is 1.86 bits per heavy atom. The lowest BCUT2D eigenvalue weighted by Gasteiger charge is -2.17. The number of rotatable bonds is 7. The largest absolute Gasteiger partial charge is 0.494 e. The SMILES string of the molecule is CCOc1ccc(N2CC(C(=O)OCC(=O)c3ccccc3Br)CC2=O)cc1. The zero-order chi connectivity index (χ0) is 20.1. The predicted molar refractivity (Wildman–Crippen MR) is 108 cm³/mol. The molecule has 0 saturated carbocycles. The normalized spacial score (nSPS) is 16.1. The van der Waals surface area contributed by atoms with Crippen LogP contribution in [0.2, 0.25) is 0 Å². The summed E-state index contributed by atoms with van der Waals surface area (Å²) in [6, 6.07) is 14.1. The van der Waals surface area contributed by atoms with E-state index in [0.29, 0.717) is 22.3 Å². The van der Waals surface area contributed by atoms with Crippen molar-refractivity contribution in [3.63, 3.8) is 0 Å². The van der Waals surface area contributed by atoms with Gasteiger partial charge in [0.05, 0.1) is 12.5 Å². The Morgan fingerprint density at radius 3 is 2.54 bits per heavy atom. The van der Waals surface area contributed by atoms with Crippen molar-refractivity contribution in [2.75, 3.05) is 24.7 Å². The number of esters is 1. The van der Waals surface area contributed by atoms with Gasteiger partial charge in [-0.25, -0.2) is 0 Å². The number of hydrogen-bond donors (Lipinski definition) is 0. The molecule has 0 aliphatic carbocycles. The van der Waals surface area contributed by atoms with Gasteiger partial charge in [0.15, 0.2) is 6.61 Å². The maximum atomic E-state index is 12.3. The lowest BCUT2D eigenvalue weighted by molar-refractivity contribution is -0.147. The summed E-state index contributed by atoms with van der Waals surface area (Å²) in [4.78, 5) is 38.4. The van der Waals surface area contributed by atoms with Crippen LogP contribution in [0.5, 0.6) is 5.75 Å². The highest BCUT2D eigenvalue weighted by atomic mass is 79.9. The Bertz CT molecular complexity index is 881. The molecule has 7 heteroatoms. The number of nitrogens with zero attached hydrogens (tertiary/aromatic N) is 1. The zero-order valence-corrected chi connectivity index (χ0v) is 17.0. The third-order valence-corrected chi connectivity index (χ3v) is 5.13. The summed E-state index contributed by atoms with van der Waals surface area (Å²) in [5.74, 6) is -0.857. The number of carbonyl (C=O) groups is 3. The van der Waals surface area contributed by atoms with Gasteiger partial charge in [-0.2, -0.15) is 0 Å². The minimum absolute atomic E-state index is 0.0647. The van der Waals surface area contributed by atoms with Crippen LogP contribution in [-0.4, -0.2) is 37.4 Å². The van der Waals surface area contributed by atoms with E-state index in [1.807, 2.05) is 6.92 Å². The molecule has 1 amide bonds. The first-order valence-corrected chi connectivity index (χ1v) is 9.76. The molecule has 1 heterocycles. The fourth-order valence-electron chi connectivity index (χ4n) is 3.02. The number of amides is 1. The smallest absolute Gasteiger partial charge is 0.311 e. The van der Waals surface area contributed by atoms with Crippen LogP contribution in [0.4, 0.5) is 5.69 Å². The van der Waals surface area contributed by atoms with Crippen LogP contribution in [0, 0.1) is 5.92 Å². The minimum Gasteiger partial charge on any atom is -0.494 e. The molecule has 0 radical (unpaired) electrons. The molecule has 0 spiro atoms. The number of carbonyl (C=O) groups excluding carboxylic acids is 3. The molecule has 1 unspecified atom stereocenters. The highest BCUT2D eigenvalue weighted by molar-refractivity contribution is 9.10. The second-order valence-electron chi connectivity index (χ2n) is 6.34. The van der Waals surface area contributed by atoms with Gasteiger partial charge in [-0.3, -0.25) is 14.4 Å². The van der Waals surface area contributed by atoms with Crippen LogP contribution in [0.25, 0.3) is 0 Å². The van der Waals surface area contributed by atoms with Crippen LogP contribution in [0.15, 0.2) is 53.0 Å². The maximum Gasteiger partial charge on any atom is 0.311 e. The van der Waals surface area contributed by atoms with Crippen molar-refractivity contribution < 1.29 is 23.9 Å². The standard InChI is InChI=1S/C21H20BrNO5/c1-2-27-16-9-7-15(8-10-16)23-12-14(11-20(23)25)21(26)28-13-19(24)17-5-3-4-6-18(17)22/h3-10,14H,2,11-13H2,1H3. The summed E-state index contributed by atoms with van der Waals surface area (Å²) in [5.41, 5.74) is 1.15. The van der Waals surface area contributed by atoms with Gasteiger partial charge in [0, 0.05) is 28.7 Å². The first kappa shape index (κ1) is 20.1. The van der Waals surface area contributed by atoms with Gasteiger partial charge in [-0.15, -0.1) is 0 Å². The third-order valence-electron chi connectivity index (χ3n) is 4.44. The van der Waals surface area contributed by atoms with Gasteiger partial charge < -0.3 is 14.4 Å². The molecule has 28 heavy (non-hydrogen) atoms. The average molecular weight is 446 g/mol. The summed E-state index contributed by atoms with van der Waals surface area (Å²) in [6.45, 7) is 2.34. The highest BCUT2D eigenvalue weighted by Gasteiger charge is 2.36. The number of Topliss-reactive ketones (excluding diaryl/α,β-unsaturated/α-hetero) is 1. The van der Waals surface area contributed by atoms with Crippen LogP contribution < -0.4 is 9.64 Å². The predicted octanol–water partition coefficient (Wildman–Crippen LogP) is 3.63. The number of ketones is 1. The summed E-state index contributed by atoms with van der Waals surface area (Å²) >= 11 is 3.30. The Kier molecular flexibility index (Phi) is 6.46. The Morgan fingerprint density at radius 1 is 1.14 bits per heavy atom. The average Bonchev–Trinajstić information content (AvgIpc) is 3.09. The number of ether oxygens (including phenoxy) is 2. The lowest BCUT2D eigenvalue weighted by atomic mass is 10.1. The van der Waals surface area contributed by atoms with Crippen molar-refractivity contribution in [1.29, 1.82) is 0 Å². The van der Waals surface area contributed by atoms with Crippen LogP contribution >= 0.6 is 15.9 Å². The molecule has 1 aliphatic heterocycles. The van der Waals surface area contributed by atoms with Crippen LogP contribution in [0.1, 0.15) is 23.7 Å². The monoisotopic (exact) mass is 445 g/mol. The van der Waals surface area contributed by atoms with Crippen molar-refractivity contribution in [2.24, 2.45) is 5.92 Å². The van der Waals surface area contributed by atoms with Gasteiger partial charge >= 0.3 is 5.97 Å². The van der Waals surface area contributed by atoms with Gasteiger partial charge in [0.2, 0.25) is 11.7 Å². The Balaban J connectivity index is 1.57. The van der Waals surface area contributed by atoms with Crippen molar-refractivity contribution in [3.8, 4) is 5.75 Å². The number of benzene rings is 2. The van der Waals surface area contributed by atoms with Crippen molar-refractivity contribution in [1.82, 2.24) is 0 Å². The lowest BCUT2D eigenvalue weighted by Crippen LogP contribution is -2.27. The number of halogens is 1. The van der Waals surface area contributed by atoms with E-state index in [2.05, 4.69) is 15.9 Å². The zero-order valence-electron chi connectivity index (χ0n) is 15.4. The fraction of sp³-hybridized carbons (Fsp3) is 0.286. The Labute approximate surface area is 171 Å². The van der Waals surface area contributed by atoms with Crippen molar-refractivity contribution in [3.05, 3.63) is 58.6 Å². The molecule has 0 N–H and O–H groups in total. The molecule has 0 aromatic heterocycles. The van der Waals surface area contributed by atoms with E-state index in [1.165, 1.54) is 0 Å². The van der Waals surface area contributed by atoms with E-state index in [-0.39, 0.29) is 31.3 Å². The highest BCUT2D eigenvalue weighted by Crippen LogP contribution is 2.27. The van der Waals surface area contributed by atoms with E-state index in [9.17, 15) is 14.4 Å². The van der Waals surface area contributed by atoms with Crippen LogP contribution in [-0.2, 0) is 14.3 Å². The van der Waals surface area contributed by atoms with E-state index >= 15 is 0 Å². The second kappa shape index (κ2) is 9.01. The summed E-state index contributed by atoms with van der Waals surface area (Å²) in [7, 11) is 0. The quantitative estimate of drug-likeness (QED) is 0.480. The molecule has 1 fully saturated rings. The molecular weight excluding hydrogens is 426 g/mol. The topological polar surface area (TPSA) is 72.9 Å². The summed E-state index contributed by atoms with van der Waals surface area (Å²) in [5, 5.41) is 0. The van der Waals surface area contributed by atoms with E-state index in [1.54, 1.807) is 53.4 Å². The van der Waals surface area contributed by atoms with E-state index in [0.717, 1.165) is 5.75 Å².